The average Bonchev–Trinajstić information content (AvgIpc) is 2.94. The number of hydrogen-bond donors (Lipinski definition) is 2. The highest BCUT2D eigenvalue weighted by Crippen LogP contribution is 2.20. The molecule has 5 heteroatoms. The molecule has 1 fully saturated rings. The minimum absolute atomic E-state index is 0.0210. The third-order valence-electron chi connectivity index (χ3n) is 2.58. The van der Waals surface area contributed by atoms with Crippen molar-refractivity contribution in [2.75, 3.05) is 19.6 Å². The summed E-state index contributed by atoms with van der Waals surface area (Å²) < 4.78 is 0. The van der Waals surface area contributed by atoms with Gasteiger partial charge < -0.3 is 15.7 Å². The zero-order valence-corrected chi connectivity index (χ0v) is 10.2. The van der Waals surface area contributed by atoms with E-state index in [1.54, 1.807) is 11.0 Å². The van der Waals surface area contributed by atoms with E-state index in [4.69, 9.17) is 5.73 Å². The second-order valence-electron chi connectivity index (χ2n) is 3.86. The van der Waals surface area contributed by atoms with Crippen LogP contribution in [0.25, 0.3) is 0 Å². The Labute approximate surface area is 104 Å². The van der Waals surface area contributed by atoms with Gasteiger partial charge in [-0.25, -0.2) is 0 Å². The molecule has 1 aromatic heterocycles. The smallest absolute Gasteiger partial charge is 0.264 e. The zero-order valence-electron chi connectivity index (χ0n) is 9.35. The molecule has 0 aliphatic carbocycles. The maximum atomic E-state index is 12.0. The van der Waals surface area contributed by atoms with Gasteiger partial charge in [-0.15, -0.1) is 11.3 Å². The second kappa shape index (κ2) is 5.32. The highest BCUT2D eigenvalue weighted by Gasteiger charge is 2.26. The molecule has 1 amide bonds. The van der Waals surface area contributed by atoms with E-state index in [9.17, 15) is 9.90 Å². The van der Waals surface area contributed by atoms with Crippen LogP contribution in [0.2, 0.25) is 0 Å². The monoisotopic (exact) mass is 250 g/mol. The van der Waals surface area contributed by atoms with E-state index in [2.05, 4.69) is 11.8 Å². The number of likely N-dealkylation sites (tertiary alicyclic amines) is 1. The van der Waals surface area contributed by atoms with Gasteiger partial charge in [0.05, 0.1) is 22.4 Å². The van der Waals surface area contributed by atoms with Crippen LogP contribution in [0.4, 0.5) is 0 Å². The quantitative estimate of drug-likeness (QED) is 0.703. The molecule has 0 bridgehead atoms. The van der Waals surface area contributed by atoms with E-state index in [-0.39, 0.29) is 12.0 Å². The number of β-amino-alcohol motifs (C(OH)–C–C–N with tert-alkyl or cyclic N) is 1. The van der Waals surface area contributed by atoms with Gasteiger partial charge in [-0.1, -0.05) is 11.8 Å². The SMILES string of the molecule is NCC#Cc1ccc(C(=O)N2CCC(O)C2)s1. The molecule has 1 aliphatic heterocycles. The van der Waals surface area contributed by atoms with Crippen molar-refractivity contribution < 1.29 is 9.90 Å². The number of carbonyl (C=O) groups excluding carboxylic acids is 1. The van der Waals surface area contributed by atoms with Gasteiger partial charge >= 0.3 is 0 Å². The lowest BCUT2D eigenvalue weighted by Crippen LogP contribution is -2.28. The number of rotatable bonds is 1. The number of aliphatic hydroxyl groups is 1. The number of carbonyl (C=O) groups is 1. The molecule has 4 nitrogen and oxygen atoms in total. The first kappa shape index (κ1) is 12.1. The number of thiophene rings is 1. The number of amides is 1. The molecule has 0 spiro atoms. The van der Waals surface area contributed by atoms with Crippen LogP contribution >= 0.6 is 11.3 Å². The normalized spacial score (nSPS) is 18.9. The second-order valence-corrected chi connectivity index (χ2v) is 4.95. The van der Waals surface area contributed by atoms with Crippen molar-refractivity contribution in [3.05, 3.63) is 21.9 Å². The van der Waals surface area contributed by atoms with Gasteiger partial charge in [0.15, 0.2) is 0 Å². The van der Waals surface area contributed by atoms with Crippen LogP contribution in [0, 0.1) is 11.8 Å². The molecular weight excluding hydrogens is 236 g/mol. The van der Waals surface area contributed by atoms with Gasteiger partial charge in [-0.3, -0.25) is 4.79 Å². The minimum atomic E-state index is -0.379. The summed E-state index contributed by atoms with van der Waals surface area (Å²) in [5.41, 5.74) is 5.29. The van der Waals surface area contributed by atoms with Crippen LogP contribution in [-0.2, 0) is 0 Å². The van der Waals surface area contributed by atoms with Gasteiger partial charge in [0.25, 0.3) is 5.91 Å². The Morgan fingerprint density at radius 1 is 1.65 bits per heavy atom. The third kappa shape index (κ3) is 2.86. The molecule has 1 unspecified atom stereocenters. The summed E-state index contributed by atoms with van der Waals surface area (Å²) in [5, 5.41) is 9.39. The predicted octanol–water partition coefficient (Wildman–Crippen LogP) is 0.265. The minimum Gasteiger partial charge on any atom is -0.391 e. The van der Waals surface area contributed by atoms with Crippen molar-refractivity contribution in [2.45, 2.75) is 12.5 Å². The first-order valence-electron chi connectivity index (χ1n) is 5.47. The summed E-state index contributed by atoms with van der Waals surface area (Å²) >= 11 is 1.37. The Morgan fingerprint density at radius 3 is 3.12 bits per heavy atom. The lowest BCUT2D eigenvalue weighted by Gasteiger charge is -2.13. The van der Waals surface area contributed by atoms with Crippen molar-refractivity contribution in [3.63, 3.8) is 0 Å². The topological polar surface area (TPSA) is 66.6 Å². The summed E-state index contributed by atoms with van der Waals surface area (Å²) in [7, 11) is 0. The molecule has 90 valence electrons. The molecule has 1 saturated heterocycles. The average molecular weight is 250 g/mol. The Morgan fingerprint density at radius 2 is 2.47 bits per heavy atom. The first-order chi connectivity index (χ1) is 8.20. The van der Waals surface area contributed by atoms with Crippen molar-refractivity contribution in [3.8, 4) is 11.8 Å². The van der Waals surface area contributed by atoms with Crippen molar-refractivity contribution in [1.82, 2.24) is 4.90 Å². The van der Waals surface area contributed by atoms with E-state index in [0.29, 0.717) is 30.9 Å². The summed E-state index contributed by atoms with van der Waals surface area (Å²) in [6, 6.07) is 3.60. The van der Waals surface area contributed by atoms with Gasteiger partial charge in [0.1, 0.15) is 0 Å². The Bertz CT molecular complexity index is 472. The predicted molar refractivity (Wildman–Crippen MR) is 66.8 cm³/mol. The summed E-state index contributed by atoms with van der Waals surface area (Å²) in [4.78, 5) is 15.2. The molecule has 17 heavy (non-hydrogen) atoms. The van der Waals surface area contributed by atoms with Crippen LogP contribution < -0.4 is 5.73 Å². The van der Waals surface area contributed by atoms with Gasteiger partial charge in [0.2, 0.25) is 0 Å². The fraction of sp³-hybridized carbons (Fsp3) is 0.417. The summed E-state index contributed by atoms with van der Waals surface area (Å²) in [6.45, 7) is 1.38. The largest absolute Gasteiger partial charge is 0.391 e. The number of hydrogen-bond acceptors (Lipinski definition) is 4. The van der Waals surface area contributed by atoms with Crippen LogP contribution in [-0.4, -0.2) is 41.7 Å². The third-order valence-corrected chi connectivity index (χ3v) is 3.57. The van der Waals surface area contributed by atoms with Crippen molar-refractivity contribution in [1.29, 1.82) is 0 Å². The highest BCUT2D eigenvalue weighted by molar-refractivity contribution is 7.14. The van der Waals surface area contributed by atoms with Gasteiger partial charge in [-0.2, -0.15) is 0 Å². The molecule has 2 rings (SSSR count). The highest BCUT2D eigenvalue weighted by atomic mass is 32.1. The summed E-state index contributed by atoms with van der Waals surface area (Å²) in [6.07, 6.45) is 0.284. The van der Waals surface area contributed by atoms with Gasteiger partial charge in [-0.05, 0) is 18.6 Å². The molecule has 1 aliphatic rings. The zero-order chi connectivity index (χ0) is 12.3. The van der Waals surface area contributed by atoms with Crippen LogP contribution in [0.5, 0.6) is 0 Å². The van der Waals surface area contributed by atoms with Crippen LogP contribution in [0.1, 0.15) is 21.0 Å². The maximum absolute atomic E-state index is 12.0. The fourth-order valence-electron chi connectivity index (χ4n) is 1.74. The van der Waals surface area contributed by atoms with E-state index in [1.165, 1.54) is 11.3 Å². The number of nitrogens with two attached hydrogens (primary N) is 1. The molecule has 2 heterocycles. The van der Waals surface area contributed by atoms with Crippen molar-refractivity contribution in [2.24, 2.45) is 5.73 Å². The first-order valence-corrected chi connectivity index (χ1v) is 6.28. The molecule has 0 aromatic carbocycles. The lowest BCUT2D eigenvalue weighted by molar-refractivity contribution is 0.0769. The molecule has 0 radical (unpaired) electrons. The number of nitrogens with zero attached hydrogens (tertiary/aromatic N) is 1. The lowest BCUT2D eigenvalue weighted by atomic mass is 10.3. The van der Waals surface area contributed by atoms with Crippen LogP contribution in [0.15, 0.2) is 12.1 Å². The molecule has 1 atom stereocenters. The van der Waals surface area contributed by atoms with E-state index >= 15 is 0 Å². The molecule has 3 N–H and O–H groups in total. The van der Waals surface area contributed by atoms with E-state index in [0.717, 1.165) is 4.88 Å². The van der Waals surface area contributed by atoms with E-state index in [1.807, 2.05) is 6.07 Å². The fourth-order valence-corrected chi connectivity index (χ4v) is 2.59. The Hall–Kier alpha value is -1.35. The van der Waals surface area contributed by atoms with Crippen LogP contribution in [0.3, 0.4) is 0 Å². The van der Waals surface area contributed by atoms with E-state index < -0.39 is 0 Å². The van der Waals surface area contributed by atoms with Crippen molar-refractivity contribution >= 4 is 17.2 Å². The summed E-state index contributed by atoms with van der Waals surface area (Å²) in [5.74, 6) is 5.64. The Balaban J connectivity index is 2.07. The maximum Gasteiger partial charge on any atom is 0.264 e. The molecular formula is C12H14N2O2S. The number of aliphatic hydroxyl groups excluding tert-OH is 1. The molecule has 0 saturated carbocycles. The Kier molecular flexibility index (Phi) is 3.79. The standard InChI is InChI=1S/C12H14N2O2S/c13-6-1-2-10-3-4-11(17-10)12(16)14-7-5-9(15)8-14/h3-4,9,15H,5-8,13H2. The molecule has 1 aromatic rings. The van der Waals surface area contributed by atoms with Gasteiger partial charge in [0, 0.05) is 13.1 Å².